The third kappa shape index (κ3) is 4.81. The van der Waals surface area contributed by atoms with Gasteiger partial charge in [0.05, 0.1) is 0 Å². The molecular weight excluding hydrogens is 301 g/mol. The third-order valence-corrected chi connectivity index (χ3v) is 6.30. The minimum absolute atomic E-state index is 0.968. The number of rotatable bonds is 7. The van der Waals surface area contributed by atoms with Crippen LogP contribution in [0.3, 0.4) is 0 Å². The number of hydrazine groups is 2. The molecule has 21 heavy (non-hydrogen) atoms. The monoisotopic (exact) mass is 321 g/mol. The highest BCUT2D eigenvalue weighted by Gasteiger charge is 2.18. The Kier molecular flexibility index (Phi) is 5.73. The molecule has 0 saturated heterocycles. The Hall–Kier alpha value is -1.43. The van der Waals surface area contributed by atoms with Gasteiger partial charge in [-0.25, -0.2) is 0 Å². The molecule has 112 valence electrons. The Morgan fingerprint density at radius 1 is 0.762 bits per heavy atom. The molecule has 2 rings (SSSR count). The summed E-state index contributed by atoms with van der Waals surface area (Å²) < 4.78 is 1.97. The van der Waals surface area contributed by atoms with E-state index in [1.807, 2.05) is 79.4 Å². The van der Waals surface area contributed by atoms with Crippen molar-refractivity contribution in [3.05, 3.63) is 60.7 Å². The number of nitrogens with one attached hydrogen (secondary N) is 4. The van der Waals surface area contributed by atoms with Gasteiger partial charge in [0.15, 0.2) is 6.49 Å². The van der Waals surface area contributed by atoms with E-state index in [0.717, 1.165) is 11.4 Å². The van der Waals surface area contributed by atoms with Gasteiger partial charge in [-0.15, -0.1) is 0 Å². The second kappa shape index (κ2) is 7.54. The predicted molar refractivity (Wildman–Crippen MR) is 94.4 cm³/mol. The maximum absolute atomic E-state index is 5.71. The summed E-state index contributed by atoms with van der Waals surface area (Å²) in [7, 11) is 3.89. The Labute approximate surface area is 130 Å². The van der Waals surface area contributed by atoms with E-state index in [4.69, 9.17) is 11.8 Å². The van der Waals surface area contributed by atoms with Crippen LogP contribution < -0.4 is 21.2 Å². The van der Waals surface area contributed by atoms with Gasteiger partial charge in [-0.1, -0.05) is 36.4 Å². The van der Waals surface area contributed by atoms with Gasteiger partial charge >= 0.3 is 0 Å². The summed E-state index contributed by atoms with van der Waals surface area (Å²) in [6.07, 6.45) is 0. The summed E-state index contributed by atoms with van der Waals surface area (Å²) in [6.45, 7) is -2.18. The first-order chi connectivity index (χ1) is 10.1. The molecule has 0 amide bonds. The molecule has 0 bridgehead atoms. The van der Waals surface area contributed by atoms with Crippen LogP contribution >= 0.6 is 6.49 Å². The maximum Gasteiger partial charge on any atom is 0.174 e. The lowest BCUT2D eigenvalue weighted by Crippen LogP contribution is -2.37. The number of benzene rings is 2. The van der Waals surface area contributed by atoms with Crippen molar-refractivity contribution in [2.45, 2.75) is 0 Å². The number of para-hydroxylation sites is 2. The molecule has 0 saturated carbocycles. The normalized spacial score (nSPS) is 11.4. The zero-order valence-corrected chi connectivity index (χ0v) is 13.8. The van der Waals surface area contributed by atoms with Crippen LogP contribution in [0.2, 0.25) is 0 Å². The van der Waals surface area contributed by atoms with Crippen LogP contribution in [0.25, 0.3) is 0 Å². The van der Waals surface area contributed by atoms with Crippen LogP contribution in [0.4, 0.5) is 11.4 Å². The van der Waals surface area contributed by atoms with Crippen LogP contribution in [0.5, 0.6) is 0 Å². The molecular formula is C14H20N5PS. The lowest BCUT2D eigenvalue weighted by atomic mass is 10.3. The van der Waals surface area contributed by atoms with Crippen LogP contribution in [0.1, 0.15) is 0 Å². The van der Waals surface area contributed by atoms with Crippen molar-refractivity contribution in [2.75, 3.05) is 24.9 Å². The largest absolute Gasteiger partial charge is 0.315 e. The van der Waals surface area contributed by atoms with E-state index in [9.17, 15) is 0 Å². The van der Waals surface area contributed by atoms with Gasteiger partial charge in [-0.2, -0.15) is 10.4 Å². The fourth-order valence-corrected chi connectivity index (χ4v) is 2.84. The summed E-state index contributed by atoms with van der Waals surface area (Å²) in [4.78, 5) is 0. The Morgan fingerprint density at radius 3 is 1.48 bits per heavy atom. The van der Waals surface area contributed by atoms with Gasteiger partial charge in [0.1, 0.15) is 0 Å². The first-order valence-electron chi connectivity index (χ1n) is 6.55. The van der Waals surface area contributed by atoms with Crippen molar-refractivity contribution < 1.29 is 0 Å². The lowest BCUT2D eigenvalue weighted by Gasteiger charge is -2.31. The zero-order valence-electron chi connectivity index (χ0n) is 12.1. The Balaban J connectivity index is 1.98. The molecule has 7 heteroatoms. The molecule has 0 aliphatic carbocycles. The van der Waals surface area contributed by atoms with Crippen LogP contribution in [-0.2, 0) is 11.8 Å². The van der Waals surface area contributed by atoms with Gasteiger partial charge in [0.25, 0.3) is 0 Å². The Morgan fingerprint density at radius 2 is 1.14 bits per heavy atom. The molecule has 0 heterocycles. The van der Waals surface area contributed by atoms with E-state index >= 15 is 0 Å². The molecule has 0 aliphatic heterocycles. The second-order valence-electron chi connectivity index (χ2n) is 4.63. The van der Waals surface area contributed by atoms with Crippen molar-refractivity contribution >= 4 is 29.7 Å². The van der Waals surface area contributed by atoms with Gasteiger partial charge in [0.2, 0.25) is 0 Å². The molecule has 0 fully saturated rings. The van der Waals surface area contributed by atoms with Crippen molar-refractivity contribution in [3.63, 3.8) is 0 Å². The first kappa shape index (κ1) is 15.9. The molecule has 4 N–H and O–H groups in total. The van der Waals surface area contributed by atoms with E-state index in [0.29, 0.717) is 0 Å². The predicted octanol–water partition coefficient (Wildman–Crippen LogP) is 3.01. The molecule has 0 radical (unpaired) electrons. The second-order valence-corrected chi connectivity index (χ2v) is 8.61. The van der Waals surface area contributed by atoms with Crippen LogP contribution in [-0.4, -0.2) is 18.8 Å². The minimum Gasteiger partial charge on any atom is -0.315 e. The minimum atomic E-state index is -2.18. The highest BCUT2D eigenvalue weighted by atomic mass is 32.4. The topological polar surface area (TPSA) is 51.4 Å². The summed E-state index contributed by atoms with van der Waals surface area (Å²) in [5.74, 6) is 0. The standard InChI is InChI=1S/C14H20N5PS/c1-19(2)20(21,17-15-13-9-5-3-6-10-13)18-16-14-11-7-4-8-12-14/h3-12,15-16H,1-2H3,(H2,17,18,21). The zero-order chi connectivity index (χ0) is 15.1. The molecule has 2 aromatic carbocycles. The van der Waals surface area contributed by atoms with Gasteiger partial charge < -0.3 is 10.9 Å². The van der Waals surface area contributed by atoms with Gasteiger partial charge in [0, 0.05) is 11.4 Å². The molecule has 0 spiro atoms. The first-order valence-corrected chi connectivity index (χ1v) is 9.30. The van der Waals surface area contributed by atoms with Crippen molar-refractivity contribution in [2.24, 2.45) is 0 Å². The van der Waals surface area contributed by atoms with E-state index < -0.39 is 6.49 Å². The highest BCUT2D eigenvalue weighted by molar-refractivity contribution is 8.11. The maximum atomic E-state index is 5.71. The molecule has 0 atom stereocenters. The van der Waals surface area contributed by atoms with Gasteiger partial charge in [-0.05, 0) is 50.2 Å². The van der Waals surface area contributed by atoms with E-state index in [1.165, 1.54) is 0 Å². The fraction of sp³-hybridized carbons (Fsp3) is 0.143. The van der Waals surface area contributed by atoms with E-state index in [1.54, 1.807) is 0 Å². The van der Waals surface area contributed by atoms with Crippen molar-refractivity contribution in [1.29, 1.82) is 0 Å². The average Bonchev–Trinajstić information content (AvgIpc) is 2.53. The van der Waals surface area contributed by atoms with Crippen LogP contribution in [0.15, 0.2) is 60.7 Å². The summed E-state index contributed by atoms with van der Waals surface area (Å²) in [6, 6.07) is 19.7. The van der Waals surface area contributed by atoms with E-state index in [2.05, 4.69) is 21.2 Å². The van der Waals surface area contributed by atoms with E-state index in [-0.39, 0.29) is 0 Å². The SMILES string of the molecule is CN(C)P(=S)(NNc1ccccc1)NNc1ccccc1. The fourth-order valence-electron chi connectivity index (χ4n) is 1.55. The average molecular weight is 321 g/mol. The molecule has 0 aliphatic rings. The highest BCUT2D eigenvalue weighted by Crippen LogP contribution is 2.38. The summed E-state index contributed by atoms with van der Waals surface area (Å²) >= 11 is 5.71. The van der Waals surface area contributed by atoms with Crippen LogP contribution in [0, 0.1) is 0 Å². The molecule has 0 aromatic heterocycles. The van der Waals surface area contributed by atoms with Crippen molar-refractivity contribution in [3.8, 4) is 0 Å². The smallest absolute Gasteiger partial charge is 0.174 e. The number of nitrogens with zero attached hydrogens (tertiary/aromatic N) is 1. The molecule has 5 nitrogen and oxygen atoms in total. The summed E-state index contributed by atoms with van der Waals surface area (Å²) in [5, 5.41) is 6.42. The number of hydrogen-bond donors (Lipinski definition) is 4. The molecule has 0 unspecified atom stereocenters. The van der Waals surface area contributed by atoms with Gasteiger partial charge in [-0.3, -0.25) is 4.67 Å². The lowest BCUT2D eigenvalue weighted by molar-refractivity contribution is 0.652. The van der Waals surface area contributed by atoms with Crippen molar-refractivity contribution in [1.82, 2.24) is 15.1 Å². The third-order valence-electron chi connectivity index (χ3n) is 2.81. The number of anilines is 2. The molecule has 2 aromatic rings. The quantitative estimate of drug-likeness (QED) is 0.465. The number of hydrogen-bond acceptors (Lipinski definition) is 3. The summed E-state index contributed by atoms with van der Waals surface area (Å²) in [5.41, 5.74) is 8.24. The Bertz CT molecular complexity index is 543.